The zero-order valence-corrected chi connectivity index (χ0v) is 17.4. The summed E-state index contributed by atoms with van der Waals surface area (Å²) in [6.07, 6.45) is 0.200. The predicted molar refractivity (Wildman–Crippen MR) is 115 cm³/mol. The van der Waals surface area contributed by atoms with Crippen LogP contribution in [-0.4, -0.2) is 42.3 Å². The lowest BCUT2D eigenvalue weighted by Gasteiger charge is -2.20. The molecule has 0 aromatic heterocycles. The summed E-state index contributed by atoms with van der Waals surface area (Å²) >= 11 is 12.1. The Balaban J connectivity index is 1.83. The molecule has 7 nitrogen and oxygen atoms in total. The number of nitrogens with one attached hydrogen (secondary N) is 2. The Hall–Kier alpha value is -2.61. The molecule has 0 bridgehead atoms. The molecule has 0 saturated heterocycles. The first-order chi connectivity index (χ1) is 13.8. The van der Waals surface area contributed by atoms with Crippen molar-refractivity contribution in [3.8, 4) is 0 Å². The van der Waals surface area contributed by atoms with E-state index in [2.05, 4.69) is 10.6 Å². The molecule has 0 aliphatic carbocycles. The molecule has 0 aliphatic heterocycles. The van der Waals surface area contributed by atoms with E-state index in [1.165, 1.54) is 0 Å². The first-order valence-corrected chi connectivity index (χ1v) is 9.71. The maximum absolute atomic E-state index is 12.3. The van der Waals surface area contributed by atoms with Gasteiger partial charge in [-0.25, -0.2) is 0 Å². The van der Waals surface area contributed by atoms with Gasteiger partial charge >= 0.3 is 0 Å². The normalized spacial score (nSPS) is 10.6. The first-order valence-electron chi connectivity index (χ1n) is 8.96. The number of carbonyl (C=O) groups is 3. The van der Waals surface area contributed by atoms with E-state index in [1.54, 1.807) is 42.5 Å². The Bertz CT molecular complexity index is 868. The minimum Gasteiger partial charge on any atom is -0.366 e. The number of likely N-dealkylation sites (N-methyl/N-ethyl adjacent to an activating group) is 1. The number of carbonyl (C=O) groups excluding carboxylic acids is 3. The summed E-state index contributed by atoms with van der Waals surface area (Å²) in [5, 5.41) is 6.16. The van der Waals surface area contributed by atoms with E-state index in [9.17, 15) is 14.4 Å². The van der Waals surface area contributed by atoms with Crippen molar-refractivity contribution >= 4 is 52.3 Å². The Morgan fingerprint density at radius 3 is 2.14 bits per heavy atom. The van der Waals surface area contributed by atoms with Gasteiger partial charge in [0, 0.05) is 24.2 Å². The van der Waals surface area contributed by atoms with Crippen LogP contribution in [0.3, 0.4) is 0 Å². The Kier molecular flexibility index (Phi) is 8.45. The second-order valence-corrected chi connectivity index (χ2v) is 7.07. The molecule has 9 heteroatoms. The number of hydrogen-bond acceptors (Lipinski definition) is 4. The van der Waals surface area contributed by atoms with Gasteiger partial charge in [0.15, 0.2) is 0 Å². The third-order valence-corrected chi connectivity index (χ3v) is 4.78. The smallest absolute Gasteiger partial charge is 0.248 e. The minimum atomic E-state index is -0.530. The maximum atomic E-state index is 12.3. The summed E-state index contributed by atoms with van der Waals surface area (Å²) in [6.45, 7) is 2.98. The molecule has 0 radical (unpaired) electrons. The van der Waals surface area contributed by atoms with Crippen LogP contribution in [0.1, 0.15) is 23.7 Å². The number of halogens is 2. The van der Waals surface area contributed by atoms with Crippen LogP contribution in [0.2, 0.25) is 10.0 Å². The van der Waals surface area contributed by atoms with E-state index in [0.29, 0.717) is 40.1 Å². The van der Waals surface area contributed by atoms with E-state index in [0.717, 1.165) is 0 Å². The van der Waals surface area contributed by atoms with Gasteiger partial charge in [-0.2, -0.15) is 0 Å². The zero-order chi connectivity index (χ0) is 21.4. The van der Waals surface area contributed by atoms with Crippen LogP contribution < -0.4 is 16.4 Å². The molecule has 29 heavy (non-hydrogen) atoms. The number of nitrogens with zero attached hydrogens (tertiary/aromatic N) is 1. The zero-order valence-electron chi connectivity index (χ0n) is 15.9. The molecule has 0 heterocycles. The van der Waals surface area contributed by atoms with Crippen LogP contribution in [0.25, 0.3) is 0 Å². The Labute approximate surface area is 179 Å². The van der Waals surface area contributed by atoms with Crippen molar-refractivity contribution in [2.24, 2.45) is 5.73 Å². The molecule has 4 N–H and O–H groups in total. The standard InChI is InChI=1S/C20H22Cl2N4O3/c1-2-26(12-18(28)25-19-15(21)4-3-5-16(19)22)11-10-17(27)24-14-8-6-13(7-9-14)20(23)29/h3-9H,2,10-12H2,1H3,(H2,23,29)(H,24,27)(H,25,28). The van der Waals surface area contributed by atoms with Crippen LogP contribution >= 0.6 is 23.2 Å². The van der Waals surface area contributed by atoms with Gasteiger partial charge in [-0.15, -0.1) is 0 Å². The van der Waals surface area contributed by atoms with Crippen molar-refractivity contribution in [1.29, 1.82) is 0 Å². The second kappa shape index (κ2) is 10.8. The highest BCUT2D eigenvalue weighted by Gasteiger charge is 2.14. The van der Waals surface area contributed by atoms with Crippen molar-refractivity contribution in [3.63, 3.8) is 0 Å². The van der Waals surface area contributed by atoms with Crippen molar-refractivity contribution in [1.82, 2.24) is 4.90 Å². The summed E-state index contributed by atoms with van der Waals surface area (Å²) in [5.41, 5.74) is 6.49. The number of primary amides is 1. The number of benzene rings is 2. The molecular formula is C20H22Cl2N4O3. The molecule has 2 aromatic rings. The Morgan fingerprint density at radius 2 is 1.59 bits per heavy atom. The average molecular weight is 437 g/mol. The van der Waals surface area contributed by atoms with Crippen molar-refractivity contribution in [3.05, 3.63) is 58.1 Å². The van der Waals surface area contributed by atoms with E-state index in [4.69, 9.17) is 28.9 Å². The van der Waals surface area contributed by atoms with Gasteiger partial charge in [-0.05, 0) is 42.9 Å². The number of nitrogens with two attached hydrogens (primary N) is 1. The molecule has 0 spiro atoms. The van der Waals surface area contributed by atoms with Gasteiger partial charge in [0.1, 0.15) is 0 Å². The molecule has 0 atom stereocenters. The summed E-state index contributed by atoms with van der Waals surface area (Å²) in [6, 6.07) is 11.3. The third kappa shape index (κ3) is 7.05. The van der Waals surface area contributed by atoms with Gasteiger partial charge in [0.2, 0.25) is 17.7 Å². The lowest BCUT2D eigenvalue weighted by atomic mass is 10.2. The van der Waals surface area contributed by atoms with Gasteiger partial charge < -0.3 is 16.4 Å². The highest BCUT2D eigenvalue weighted by atomic mass is 35.5. The topological polar surface area (TPSA) is 105 Å². The highest BCUT2D eigenvalue weighted by Crippen LogP contribution is 2.29. The SMILES string of the molecule is CCN(CCC(=O)Nc1ccc(C(N)=O)cc1)CC(=O)Nc1c(Cl)cccc1Cl. The van der Waals surface area contributed by atoms with Crippen LogP contribution in [0, 0.1) is 0 Å². The number of rotatable bonds is 9. The second-order valence-electron chi connectivity index (χ2n) is 6.25. The molecule has 0 saturated carbocycles. The predicted octanol–water partition coefficient (Wildman–Crippen LogP) is 3.38. The maximum Gasteiger partial charge on any atom is 0.248 e. The number of amides is 3. The largest absolute Gasteiger partial charge is 0.366 e. The quantitative estimate of drug-likeness (QED) is 0.560. The van der Waals surface area contributed by atoms with Gasteiger partial charge in [-0.1, -0.05) is 36.2 Å². The number of para-hydroxylation sites is 1. The molecule has 0 unspecified atom stereocenters. The fourth-order valence-corrected chi connectivity index (χ4v) is 3.04. The van der Waals surface area contributed by atoms with Gasteiger partial charge in [0.05, 0.1) is 22.3 Å². The summed E-state index contributed by atoms with van der Waals surface area (Å²) < 4.78 is 0. The molecule has 154 valence electrons. The summed E-state index contributed by atoms with van der Waals surface area (Å²) in [5.74, 6) is -1.01. The first kappa shape index (κ1) is 22.7. The third-order valence-electron chi connectivity index (χ3n) is 4.15. The van der Waals surface area contributed by atoms with Crippen LogP contribution in [-0.2, 0) is 9.59 Å². The van der Waals surface area contributed by atoms with Gasteiger partial charge in [-0.3, -0.25) is 19.3 Å². The average Bonchev–Trinajstić information content (AvgIpc) is 2.68. The molecule has 2 aromatic carbocycles. The summed E-state index contributed by atoms with van der Waals surface area (Å²) in [4.78, 5) is 37.4. The molecule has 0 aliphatic rings. The van der Waals surface area contributed by atoms with E-state index in [-0.39, 0.29) is 24.8 Å². The molecular weight excluding hydrogens is 415 g/mol. The highest BCUT2D eigenvalue weighted by molar-refractivity contribution is 6.39. The van der Waals surface area contributed by atoms with Crippen LogP contribution in [0.15, 0.2) is 42.5 Å². The molecule has 3 amide bonds. The lowest BCUT2D eigenvalue weighted by molar-refractivity contribution is -0.119. The molecule has 0 fully saturated rings. The Morgan fingerprint density at radius 1 is 0.966 bits per heavy atom. The lowest BCUT2D eigenvalue weighted by Crippen LogP contribution is -2.35. The van der Waals surface area contributed by atoms with Gasteiger partial charge in [0.25, 0.3) is 0 Å². The van der Waals surface area contributed by atoms with Crippen molar-refractivity contribution in [2.75, 3.05) is 30.3 Å². The minimum absolute atomic E-state index is 0.0959. The monoisotopic (exact) mass is 436 g/mol. The summed E-state index contributed by atoms with van der Waals surface area (Å²) in [7, 11) is 0. The van der Waals surface area contributed by atoms with Crippen molar-refractivity contribution in [2.45, 2.75) is 13.3 Å². The van der Waals surface area contributed by atoms with E-state index >= 15 is 0 Å². The number of anilines is 2. The molecule has 2 rings (SSSR count). The van der Waals surface area contributed by atoms with Crippen molar-refractivity contribution < 1.29 is 14.4 Å². The van der Waals surface area contributed by atoms with E-state index < -0.39 is 5.91 Å². The van der Waals surface area contributed by atoms with E-state index in [1.807, 2.05) is 11.8 Å². The fraction of sp³-hybridized carbons (Fsp3) is 0.250. The van der Waals surface area contributed by atoms with Crippen LogP contribution in [0.5, 0.6) is 0 Å². The number of hydrogen-bond donors (Lipinski definition) is 3. The van der Waals surface area contributed by atoms with Crippen LogP contribution in [0.4, 0.5) is 11.4 Å². The fourth-order valence-electron chi connectivity index (χ4n) is 2.55.